The first-order chi connectivity index (χ1) is 10.6. The zero-order valence-corrected chi connectivity index (χ0v) is 13.7. The van der Waals surface area contributed by atoms with E-state index in [1.807, 2.05) is 24.3 Å². The van der Waals surface area contributed by atoms with Gasteiger partial charge in [-0.05, 0) is 35.4 Å². The molecule has 0 aliphatic rings. The Hall–Kier alpha value is -1.55. The van der Waals surface area contributed by atoms with Crippen LogP contribution >= 0.6 is 34.8 Å². The second-order valence-electron chi connectivity index (χ2n) is 4.77. The van der Waals surface area contributed by atoms with Crippen molar-refractivity contribution in [2.24, 2.45) is 0 Å². The predicted octanol–water partition coefficient (Wildman–Crippen LogP) is 5.21. The van der Waals surface area contributed by atoms with Gasteiger partial charge in [-0.1, -0.05) is 53.0 Å². The van der Waals surface area contributed by atoms with E-state index in [9.17, 15) is 0 Å². The molecule has 112 valence electrons. The van der Waals surface area contributed by atoms with E-state index in [-0.39, 0.29) is 0 Å². The van der Waals surface area contributed by atoms with Gasteiger partial charge in [-0.3, -0.25) is 0 Å². The summed E-state index contributed by atoms with van der Waals surface area (Å²) < 4.78 is 5.66. The van der Waals surface area contributed by atoms with E-state index < -0.39 is 0 Å². The van der Waals surface area contributed by atoms with E-state index in [0.29, 0.717) is 39.7 Å². The smallest absolute Gasteiger partial charge is 0.221 e. The van der Waals surface area contributed by atoms with Crippen LogP contribution in [0.2, 0.25) is 15.1 Å². The largest absolute Gasteiger partial charge is 0.425 e. The van der Waals surface area contributed by atoms with Crippen molar-refractivity contribution in [1.82, 2.24) is 10.2 Å². The van der Waals surface area contributed by atoms with Crippen molar-refractivity contribution in [2.75, 3.05) is 0 Å². The van der Waals surface area contributed by atoms with Crippen molar-refractivity contribution in [1.29, 1.82) is 0 Å². The number of rotatable bonds is 4. The lowest BCUT2D eigenvalue weighted by Gasteiger charge is -2.03. The number of aromatic nitrogens is 2. The molecular formula is C16H11Cl3N2O. The van der Waals surface area contributed by atoms with Crippen molar-refractivity contribution in [3.8, 4) is 0 Å². The van der Waals surface area contributed by atoms with Gasteiger partial charge in [-0.2, -0.15) is 0 Å². The summed E-state index contributed by atoms with van der Waals surface area (Å²) in [6.07, 6.45) is 0.965. The van der Waals surface area contributed by atoms with Gasteiger partial charge >= 0.3 is 0 Å². The molecule has 3 nitrogen and oxygen atoms in total. The maximum absolute atomic E-state index is 6.14. The standard InChI is InChI=1S/C16H11Cl3N2O/c17-11-6-4-10(5-7-11)8-15-20-21-16(22-15)9-12-13(18)2-1-3-14(12)19/h1-7H,8-9H2. The highest BCUT2D eigenvalue weighted by Gasteiger charge is 2.12. The van der Waals surface area contributed by atoms with E-state index in [2.05, 4.69) is 10.2 Å². The van der Waals surface area contributed by atoms with Gasteiger partial charge in [0.2, 0.25) is 11.8 Å². The highest BCUT2D eigenvalue weighted by molar-refractivity contribution is 6.36. The van der Waals surface area contributed by atoms with Crippen LogP contribution in [0.1, 0.15) is 22.9 Å². The fourth-order valence-corrected chi connectivity index (χ4v) is 2.72. The highest BCUT2D eigenvalue weighted by atomic mass is 35.5. The fourth-order valence-electron chi connectivity index (χ4n) is 2.06. The molecule has 0 bridgehead atoms. The van der Waals surface area contributed by atoms with Crippen molar-refractivity contribution in [3.63, 3.8) is 0 Å². The summed E-state index contributed by atoms with van der Waals surface area (Å²) in [6.45, 7) is 0. The van der Waals surface area contributed by atoms with Crippen LogP contribution < -0.4 is 0 Å². The first kappa shape index (κ1) is 15.3. The molecule has 0 atom stereocenters. The summed E-state index contributed by atoms with van der Waals surface area (Å²) in [5.74, 6) is 1.03. The molecule has 0 aliphatic heterocycles. The molecule has 0 saturated heterocycles. The summed E-state index contributed by atoms with van der Waals surface area (Å²) in [4.78, 5) is 0. The van der Waals surface area contributed by atoms with E-state index in [1.54, 1.807) is 18.2 Å². The molecule has 0 saturated carbocycles. The topological polar surface area (TPSA) is 38.9 Å². The monoisotopic (exact) mass is 352 g/mol. The minimum absolute atomic E-state index is 0.409. The van der Waals surface area contributed by atoms with Crippen LogP contribution in [0, 0.1) is 0 Å². The molecule has 1 aromatic heterocycles. The Bertz CT molecular complexity index is 764. The molecular weight excluding hydrogens is 343 g/mol. The molecule has 2 aromatic carbocycles. The zero-order valence-electron chi connectivity index (χ0n) is 11.4. The van der Waals surface area contributed by atoms with Gasteiger partial charge in [0, 0.05) is 15.1 Å². The van der Waals surface area contributed by atoms with Crippen LogP contribution in [0.25, 0.3) is 0 Å². The number of nitrogens with zero attached hydrogens (tertiary/aromatic N) is 2. The molecule has 0 aliphatic carbocycles. The normalized spacial score (nSPS) is 10.9. The minimum Gasteiger partial charge on any atom is -0.425 e. The first-order valence-electron chi connectivity index (χ1n) is 6.60. The lowest BCUT2D eigenvalue weighted by Crippen LogP contribution is -1.91. The molecule has 6 heteroatoms. The average Bonchev–Trinajstić information content (AvgIpc) is 2.93. The average molecular weight is 354 g/mol. The number of halogens is 3. The number of hydrogen-bond donors (Lipinski definition) is 0. The predicted molar refractivity (Wildman–Crippen MR) is 87.8 cm³/mol. The molecule has 0 N–H and O–H groups in total. The van der Waals surface area contributed by atoms with Crippen molar-refractivity contribution < 1.29 is 4.42 Å². The maximum atomic E-state index is 6.14. The Labute approximate surface area is 142 Å². The Morgan fingerprint density at radius 1 is 0.773 bits per heavy atom. The van der Waals surface area contributed by atoms with Crippen molar-refractivity contribution in [2.45, 2.75) is 12.8 Å². The summed E-state index contributed by atoms with van der Waals surface area (Å²) in [7, 11) is 0. The molecule has 0 fully saturated rings. The second-order valence-corrected chi connectivity index (χ2v) is 6.02. The van der Waals surface area contributed by atoms with E-state index in [4.69, 9.17) is 39.2 Å². The summed E-state index contributed by atoms with van der Waals surface area (Å²) in [5, 5.41) is 9.97. The van der Waals surface area contributed by atoms with Crippen LogP contribution in [0.5, 0.6) is 0 Å². The second kappa shape index (κ2) is 6.69. The van der Waals surface area contributed by atoms with E-state index in [0.717, 1.165) is 11.1 Å². The number of benzene rings is 2. The van der Waals surface area contributed by atoms with Gasteiger partial charge < -0.3 is 4.42 Å². The maximum Gasteiger partial charge on any atom is 0.221 e. The van der Waals surface area contributed by atoms with E-state index in [1.165, 1.54) is 0 Å². The molecule has 3 aromatic rings. The number of hydrogen-bond acceptors (Lipinski definition) is 3. The Morgan fingerprint density at radius 3 is 2.00 bits per heavy atom. The van der Waals surface area contributed by atoms with Gasteiger partial charge in [0.05, 0.1) is 12.8 Å². The summed E-state index contributed by atoms with van der Waals surface area (Å²) >= 11 is 18.2. The third kappa shape index (κ3) is 3.61. The van der Waals surface area contributed by atoms with Gasteiger partial charge in [-0.15, -0.1) is 10.2 Å². The molecule has 1 heterocycles. The molecule has 0 spiro atoms. The lowest BCUT2D eigenvalue weighted by molar-refractivity contribution is 0.466. The van der Waals surface area contributed by atoms with Crippen LogP contribution in [0.4, 0.5) is 0 Å². The van der Waals surface area contributed by atoms with Gasteiger partial charge in [0.15, 0.2) is 0 Å². The quantitative estimate of drug-likeness (QED) is 0.646. The summed E-state index contributed by atoms with van der Waals surface area (Å²) in [5.41, 5.74) is 1.84. The van der Waals surface area contributed by atoms with Gasteiger partial charge in [0.25, 0.3) is 0 Å². The van der Waals surface area contributed by atoms with Crippen molar-refractivity contribution >= 4 is 34.8 Å². The fraction of sp³-hybridized carbons (Fsp3) is 0.125. The zero-order chi connectivity index (χ0) is 15.5. The third-order valence-electron chi connectivity index (χ3n) is 3.17. The van der Waals surface area contributed by atoms with E-state index >= 15 is 0 Å². The molecule has 3 rings (SSSR count). The van der Waals surface area contributed by atoms with Crippen molar-refractivity contribution in [3.05, 3.63) is 80.4 Å². The van der Waals surface area contributed by atoms with Crippen LogP contribution in [-0.2, 0) is 12.8 Å². The van der Waals surface area contributed by atoms with Gasteiger partial charge in [0.1, 0.15) is 0 Å². The Morgan fingerprint density at radius 2 is 1.36 bits per heavy atom. The SMILES string of the molecule is Clc1ccc(Cc2nnc(Cc3c(Cl)cccc3Cl)o2)cc1. The summed E-state index contributed by atoms with van der Waals surface area (Å²) in [6, 6.07) is 12.9. The Kier molecular flexibility index (Phi) is 4.67. The van der Waals surface area contributed by atoms with Gasteiger partial charge in [-0.25, -0.2) is 0 Å². The third-order valence-corrected chi connectivity index (χ3v) is 4.13. The van der Waals surface area contributed by atoms with Crippen LogP contribution in [0.3, 0.4) is 0 Å². The minimum atomic E-state index is 0.409. The molecule has 0 unspecified atom stereocenters. The first-order valence-corrected chi connectivity index (χ1v) is 7.74. The van der Waals surface area contributed by atoms with Crippen LogP contribution in [0.15, 0.2) is 46.9 Å². The molecule has 22 heavy (non-hydrogen) atoms. The molecule has 0 amide bonds. The lowest BCUT2D eigenvalue weighted by atomic mass is 10.1. The molecule has 0 radical (unpaired) electrons. The van der Waals surface area contributed by atoms with Crippen LogP contribution in [-0.4, -0.2) is 10.2 Å². The highest BCUT2D eigenvalue weighted by Crippen LogP contribution is 2.26. The Balaban J connectivity index is 1.75.